The molecule has 37 heavy (non-hydrogen) atoms. The van der Waals surface area contributed by atoms with Crippen molar-refractivity contribution in [3.05, 3.63) is 53.6 Å². The van der Waals surface area contributed by atoms with Crippen LogP contribution in [0.15, 0.2) is 36.4 Å². The predicted octanol–water partition coefficient (Wildman–Crippen LogP) is 6.47. The number of benzene rings is 2. The number of unbranched alkanes of at least 4 members (excludes halogenated alkanes) is 3. The molecule has 1 aliphatic heterocycles. The van der Waals surface area contributed by atoms with Crippen LogP contribution in [-0.2, 0) is 9.47 Å². The number of ether oxygens (including phenoxy) is 5. The van der Waals surface area contributed by atoms with Gasteiger partial charge < -0.3 is 23.7 Å². The molecule has 0 aromatic heterocycles. The first kappa shape index (κ1) is 28.6. The van der Waals surface area contributed by atoms with Gasteiger partial charge >= 0.3 is 12.3 Å². The van der Waals surface area contributed by atoms with Crippen molar-refractivity contribution in [1.29, 1.82) is 0 Å². The number of rotatable bonds is 14. The van der Waals surface area contributed by atoms with E-state index in [0.29, 0.717) is 24.5 Å². The van der Waals surface area contributed by atoms with E-state index in [9.17, 15) is 26.7 Å². The Morgan fingerprint density at radius 1 is 0.946 bits per heavy atom. The summed E-state index contributed by atoms with van der Waals surface area (Å²) in [4.78, 5) is 12.2. The van der Waals surface area contributed by atoms with Crippen molar-refractivity contribution in [2.24, 2.45) is 5.41 Å². The maximum absolute atomic E-state index is 13.8. The number of alkyl halides is 3. The van der Waals surface area contributed by atoms with Crippen LogP contribution in [0.4, 0.5) is 22.0 Å². The van der Waals surface area contributed by atoms with E-state index in [4.69, 9.17) is 18.9 Å². The van der Waals surface area contributed by atoms with E-state index in [1.54, 1.807) is 12.1 Å². The van der Waals surface area contributed by atoms with Gasteiger partial charge in [0.05, 0.1) is 32.0 Å². The number of hydrogen-bond acceptors (Lipinski definition) is 6. The molecule has 2 aromatic carbocycles. The van der Waals surface area contributed by atoms with E-state index in [1.165, 1.54) is 12.1 Å². The van der Waals surface area contributed by atoms with Crippen molar-refractivity contribution in [2.75, 3.05) is 33.0 Å². The zero-order chi connectivity index (χ0) is 26.9. The highest BCUT2D eigenvalue weighted by Gasteiger charge is 2.37. The predicted molar refractivity (Wildman–Crippen MR) is 123 cm³/mol. The average Bonchev–Trinajstić information content (AvgIpc) is 2.81. The van der Waals surface area contributed by atoms with Gasteiger partial charge in [-0.05, 0) is 49.9 Å². The van der Waals surface area contributed by atoms with Gasteiger partial charge in [-0.15, -0.1) is 13.2 Å². The van der Waals surface area contributed by atoms with E-state index in [0.717, 1.165) is 58.5 Å². The van der Waals surface area contributed by atoms with Crippen molar-refractivity contribution in [3.8, 4) is 17.2 Å². The lowest BCUT2D eigenvalue weighted by atomic mass is 9.84. The fourth-order valence-corrected chi connectivity index (χ4v) is 3.58. The molecule has 6 nitrogen and oxygen atoms in total. The third kappa shape index (κ3) is 8.85. The summed E-state index contributed by atoms with van der Waals surface area (Å²) < 4.78 is 89.1. The molecule has 2 aromatic rings. The van der Waals surface area contributed by atoms with E-state index in [2.05, 4.69) is 11.7 Å². The lowest BCUT2D eigenvalue weighted by molar-refractivity contribution is -0.276. The molecule has 1 heterocycles. The van der Waals surface area contributed by atoms with Crippen LogP contribution in [0.5, 0.6) is 17.2 Å². The molecule has 3 rings (SSSR count). The first-order chi connectivity index (χ1) is 17.6. The third-order valence-corrected chi connectivity index (χ3v) is 5.92. The van der Waals surface area contributed by atoms with Gasteiger partial charge in [-0.25, -0.2) is 13.6 Å². The lowest BCUT2D eigenvalue weighted by Crippen LogP contribution is -2.45. The summed E-state index contributed by atoms with van der Waals surface area (Å²) in [5.74, 6) is -5.99. The second-order valence-electron chi connectivity index (χ2n) is 8.84. The minimum atomic E-state index is -5.28. The Morgan fingerprint density at radius 2 is 1.57 bits per heavy atom. The lowest BCUT2D eigenvalue weighted by Gasteiger charge is -2.40. The van der Waals surface area contributed by atoms with Crippen LogP contribution in [0.2, 0.25) is 0 Å². The van der Waals surface area contributed by atoms with E-state index >= 15 is 0 Å². The van der Waals surface area contributed by atoms with Gasteiger partial charge in [0.25, 0.3) is 0 Å². The smallest absolute Gasteiger partial charge is 0.494 e. The molecule has 0 aliphatic carbocycles. The molecular weight excluding hydrogens is 503 g/mol. The van der Waals surface area contributed by atoms with Crippen molar-refractivity contribution in [1.82, 2.24) is 0 Å². The maximum atomic E-state index is 13.8. The second-order valence-corrected chi connectivity index (χ2v) is 8.84. The van der Waals surface area contributed by atoms with E-state index in [1.807, 2.05) is 0 Å². The summed E-state index contributed by atoms with van der Waals surface area (Å²) >= 11 is 0. The van der Waals surface area contributed by atoms with Gasteiger partial charge in [-0.3, -0.25) is 0 Å². The number of halogens is 5. The molecule has 0 atom stereocenters. The Kier molecular flexibility index (Phi) is 10.1. The highest BCUT2D eigenvalue weighted by molar-refractivity contribution is 5.91. The number of carbonyl (C=O) groups excluding carboxylic acids is 1. The van der Waals surface area contributed by atoms with Gasteiger partial charge in [-0.2, -0.15) is 0 Å². The van der Waals surface area contributed by atoms with Crippen LogP contribution in [-0.4, -0.2) is 45.4 Å². The fourth-order valence-electron chi connectivity index (χ4n) is 3.58. The molecule has 1 aliphatic rings. The molecule has 0 radical (unpaired) electrons. The van der Waals surface area contributed by atoms with E-state index < -0.39 is 35.5 Å². The molecule has 1 saturated heterocycles. The summed E-state index contributed by atoms with van der Waals surface area (Å²) in [7, 11) is 0. The monoisotopic (exact) mass is 532 g/mol. The van der Waals surface area contributed by atoms with Crippen molar-refractivity contribution in [2.45, 2.75) is 45.4 Å². The quantitative estimate of drug-likeness (QED) is 0.120. The molecular formula is C26H29F5O6. The number of esters is 1. The Morgan fingerprint density at radius 3 is 2.11 bits per heavy atom. The first-order valence-electron chi connectivity index (χ1n) is 12.0. The standard InChI is InChI=1S/C26H29F5O6/c1-2-25(16-34-17-25)15-33-11-5-3-4-6-12-35-19-9-7-18(8-10-19)24(32)36-20-13-21(27)23(22(28)14-20)37-26(29,30)31/h7-10,13-14H,2-6,11-12,15-17H2,1H3. The molecule has 0 spiro atoms. The Labute approximate surface area is 211 Å². The summed E-state index contributed by atoms with van der Waals surface area (Å²) in [6.07, 6.45) is -0.387. The first-order valence-corrected chi connectivity index (χ1v) is 12.0. The zero-order valence-corrected chi connectivity index (χ0v) is 20.4. The van der Waals surface area contributed by atoms with Crippen LogP contribution in [0.25, 0.3) is 0 Å². The van der Waals surface area contributed by atoms with Crippen LogP contribution in [0.3, 0.4) is 0 Å². The Hall–Kier alpha value is -2.92. The molecule has 11 heteroatoms. The number of carbonyl (C=O) groups is 1. The van der Waals surface area contributed by atoms with Gasteiger partial charge in [0.2, 0.25) is 5.75 Å². The van der Waals surface area contributed by atoms with Crippen molar-refractivity contribution in [3.63, 3.8) is 0 Å². The van der Waals surface area contributed by atoms with Crippen molar-refractivity contribution >= 4 is 5.97 Å². The summed E-state index contributed by atoms with van der Waals surface area (Å²) in [5, 5.41) is 0. The van der Waals surface area contributed by atoms with Crippen LogP contribution >= 0.6 is 0 Å². The van der Waals surface area contributed by atoms with Crippen molar-refractivity contribution < 1.29 is 50.4 Å². The molecule has 0 amide bonds. The minimum Gasteiger partial charge on any atom is -0.494 e. The maximum Gasteiger partial charge on any atom is 0.573 e. The molecule has 0 N–H and O–H groups in total. The molecule has 0 unspecified atom stereocenters. The summed E-state index contributed by atoms with van der Waals surface area (Å²) in [6.45, 7) is 5.67. The zero-order valence-electron chi connectivity index (χ0n) is 20.4. The minimum absolute atomic E-state index is 0.0575. The van der Waals surface area contributed by atoms with Crippen LogP contribution < -0.4 is 14.2 Å². The largest absolute Gasteiger partial charge is 0.573 e. The summed E-state index contributed by atoms with van der Waals surface area (Å²) in [6, 6.07) is 6.74. The summed E-state index contributed by atoms with van der Waals surface area (Å²) in [5.41, 5.74) is 0.262. The third-order valence-electron chi connectivity index (χ3n) is 5.92. The molecule has 0 saturated carbocycles. The fraction of sp³-hybridized carbons (Fsp3) is 0.500. The average molecular weight is 533 g/mol. The molecule has 204 valence electrons. The highest BCUT2D eigenvalue weighted by Crippen LogP contribution is 2.32. The highest BCUT2D eigenvalue weighted by atomic mass is 19.4. The van der Waals surface area contributed by atoms with E-state index in [-0.39, 0.29) is 11.0 Å². The normalized spacial score (nSPS) is 14.6. The van der Waals surface area contributed by atoms with Gasteiger partial charge in [0, 0.05) is 24.2 Å². The van der Waals surface area contributed by atoms with Gasteiger partial charge in [-0.1, -0.05) is 13.3 Å². The van der Waals surface area contributed by atoms with Crippen LogP contribution in [0, 0.1) is 17.0 Å². The Bertz CT molecular complexity index is 993. The second kappa shape index (κ2) is 13.0. The molecule has 1 fully saturated rings. The number of hydrogen-bond donors (Lipinski definition) is 0. The SMILES string of the molecule is CCC1(COCCCCCCOc2ccc(C(=O)Oc3cc(F)c(OC(F)(F)F)c(F)c3)cc2)COC1. The topological polar surface area (TPSA) is 63.2 Å². The molecule has 0 bridgehead atoms. The van der Waals surface area contributed by atoms with Gasteiger partial charge in [0.1, 0.15) is 11.5 Å². The van der Waals surface area contributed by atoms with Gasteiger partial charge in [0.15, 0.2) is 11.6 Å². The van der Waals surface area contributed by atoms with Crippen LogP contribution in [0.1, 0.15) is 49.4 Å². The Balaban J connectivity index is 1.34.